The molecule has 0 aliphatic heterocycles. The molecule has 1 aromatic heterocycles. The summed E-state index contributed by atoms with van der Waals surface area (Å²) >= 11 is 0. The van der Waals surface area contributed by atoms with Gasteiger partial charge in [-0.2, -0.15) is 4.98 Å². The lowest BCUT2D eigenvalue weighted by molar-refractivity contribution is -0.122. The minimum Gasteiger partial charge on any atom is -0.355 e. The van der Waals surface area contributed by atoms with E-state index in [4.69, 9.17) is 5.73 Å². The molecule has 0 spiro atoms. The highest BCUT2D eigenvalue weighted by Gasteiger charge is 2.18. The van der Waals surface area contributed by atoms with Crippen LogP contribution in [0.25, 0.3) is 0 Å². The lowest BCUT2D eigenvalue weighted by Gasteiger charge is -2.14. The van der Waals surface area contributed by atoms with Crippen LogP contribution in [0.1, 0.15) is 17.3 Å². The Morgan fingerprint density at radius 3 is 2.79 bits per heavy atom. The molecule has 1 heterocycles. The van der Waals surface area contributed by atoms with E-state index in [0.717, 1.165) is 5.56 Å². The Kier molecular flexibility index (Phi) is 4.63. The van der Waals surface area contributed by atoms with Crippen molar-refractivity contribution in [3.63, 3.8) is 0 Å². The monoisotopic (exact) mass is 260 g/mol. The van der Waals surface area contributed by atoms with Crippen molar-refractivity contribution in [2.45, 2.75) is 12.3 Å². The molecule has 0 radical (unpaired) electrons. The summed E-state index contributed by atoms with van der Waals surface area (Å²) in [5, 5.41) is 6.50. The van der Waals surface area contributed by atoms with Crippen LogP contribution in [-0.2, 0) is 11.2 Å². The van der Waals surface area contributed by atoms with Gasteiger partial charge in [-0.05, 0) is 5.56 Å². The number of hydrogen-bond donors (Lipinski definition) is 2. The van der Waals surface area contributed by atoms with E-state index in [0.29, 0.717) is 18.8 Å². The molecule has 2 rings (SSSR count). The Morgan fingerprint density at radius 2 is 2.16 bits per heavy atom. The van der Waals surface area contributed by atoms with Crippen LogP contribution in [0.4, 0.5) is 0 Å². The van der Waals surface area contributed by atoms with E-state index in [9.17, 15) is 4.79 Å². The van der Waals surface area contributed by atoms with Crippen molar-refractivity contribution in [2.75, 3.05) is 13.1 Å². The Bertz CT molecular complexity index is 499. The first-order valence-corrected chi connectivity index (χ1v) is 6.09. The molecule has 6 nitrogen and oxygen atoms in total. The van der Waals surface area contributed by atoms with Crippen molar-refractivity contribution in [3.05, 3.63) is 48.1 Å². The molecule has 19 heavy (non-hydrogen) atoms. The van der Waals surface area contributed by atoms with Gasteiger partial charge in [-0.3, -0.25) is 4.79 Å². The predicted octanol–water partition coefficient (Wildman–Crippen LogP) is 0.471. The van der Waals surface area contributed by atoms with Gasteiger partial charge in [-0.1, -0.05) is 35.5 Å². The third-order valence-corrected chi connectivity index (χ3v) is 2.81. The number of hydrogen-bond acceptors (Lipinski definition) is 5. The molecular formula is C13H16N4O2. The number of nitrogens with two attached hydrogens (primary N) is 1. The first-order valence-electron chi connectivity index (χ1n) is 6.09. The Balaban J connectivity index is 1.87. The number of nitrogens with one attached hydrogen (secondary N) is 1. The third kappa shape index (κ3) is 3.62. The molecule has 0 fully saturated rings. The summed E-state index contributed by atoms with van der Waals surface area (Å²) in [5.74, 6) is 0.160. The van der Waals surface area contributed by atoms with Crippen LogP contribution in [0.15, 0.2) is 41.2 Å². The normalized spacial score (nSPS) is 12.1. The molecule has 2 aromatic rings. The van der Waals surface area contributed by atoms with Gasteiger partial charge < -0.3 is 15.6 Å². The maximum Gasteiger partial charge on any atom is 0.228 e. The zero-order valence-corrected chi connectivity index (χ0v) is 10.5. The minimum absolute atomic E-state index is 0.0859. The summed E-state index contributed by atoms with van der Waals surface area (Å²) in [7, 11) is 0. The van der Waals surface area contributed by atoms with E-state index < -0.39 is 0 Å². The minimum atomic E-state index is -0.327. The highest BCUT2D eigenvalue weighted by molar-refractivity contribution is 5.83. The zero-order valence-electron chi connectivity index (χ0n) is 10.5. The fourth-order valence-electron chi connectivity index (χ4n) is 1.80. The van der Waals surface area contributed by atoms with Crippen LogP contribution in [0.3, 0.4) is 0 Å². The van der Waals surface area contributed by atoms with Gasteiger partial charge >= 0.3 is 0 Å². The van der Waals surface area contributed by atoms with Gasteiger partial charge in [0.15, 0.2) is 5.82 Å². The average molecular weight is 260 g/mol. The molecule has 0 aliphatic carbocycles. The molecule has 3 N–H and O–H groups in total. The zero-order chi connectivity index (χ0) is 13.5. The van der Waals surface area contributed by atoms with Crippen LogP contribution in [0.2, 0.25) is 0 Å². The lowest BCUT2D eigenvalue weighted by Crippen LogP contribution is -2.34. The van der Waals surface area contributed by atoms with E-state index in [2.05, 4.69) is 20.0 Å². The Labute approximate surface area is 111 Å². The number of carbonyl (C=O) groups excluding carboxylic acids is 1. The molecule has 6 heteroatoms. The van der Waals surface area contributed by atoms with E-state index in [-0.39, 0.29) is 18.4 Å². The van der Waals surface area contributed by atoms with Gasteiger partial charge in [-0.25, -0.2) is 0 Å². The van der Waals surface area contributed by atoms with Crippen LogP contribution in [0.5, 0.6) is 0 Å². The van der Waals surface area contributed by atoms with Crippen molar-refractivity contribution in [2.24, 2.45) is 5.73 Å². The maximum absolute atomic E-state index is 12.0. The van der Waals surface area contributed by atoms with Crippen molar-refractivity contribution in [1.29, 1.82) is 0 Å². The van der Waals surface area contributed by atoms with E-state index in [1.807, 2.05) is 30.3 Å². The quantitative estimate of drug-likeness (QED) is 0.787. The molecule has 1 unspecified atom stereocenters. The van der Waals surface area contributed by atoms with Gasteiger partial charge in [0.05, 0.1) is 5.92 Å². The molecule has 1 amide bonds. The van der Waals surface area contributed by atoms with Gasteiger partial charge in [0.25, 0.3) is 0 Å². The maximum atomic E-state index is 12.0. The van der Waals surface area contributed by atoms with Gasteiger partial charge in [0, 0.05) is 19.5 Å². The fraction of sp³-hybridized carbons (Fsp3) is 0.308. The third-order valence-electron chi connectivity index (χ3n) is 2.81. The van der Waals surface area contributed by atoms with Crippen LogP contribution >= 0.6 is 0 Å². The number of benzene rings is 1. The highest BCUT2D eigenvalue weighted by Crippen LogP contribution is 2.13. The van der Waals surface area contributed by atoms with Gasteiger partial charge in [-0.15, -0.1) is 0 Å². The number of nitrogens with zero attached hydrogens (tertiary/aromatic N) is 2. The van der Waals surface area contributed by atoms with Crippen LogP contribution in [0, 0.1) is 0 Å². The summed E-state index contributed by atoms with van der Waals surface area (Å²) in [6.45, 7) is 0.736. The number of rotatable bonds is 6. The first-order chi connectivity index (χ1) is 9.31. The average Bonchev–Trinajstić information content (AvgIpc) is 2.94. The largest absolute Gasteiger partial charge is 0.355 e. The standard InChI is InChI=1S/C13H16N4O2/c14-8-11(10-4-2-1-3-5-10)13(18)15-7-6-12-16-9-19-17-12/h1-5,9,11H,6-8,14H2,(H,15,18). The number of carbonyl (C=O) groups is 1. The van der Waals surface area contributed by atoms with Crippen LogP contribution in [-0.4, -0.2) is 29.1 Å². The molecule has 0 saturated carbocycles. The molecular weight excluding hydrogens is 244 g/mol. The summed E-state index contributed by atoms with van der Waals surface area (Å²) < 4.78 is 4.62. The molecule has 100 valence electrons. The van der Waals surface area contributed by atoms with E-state index in [1.54, 1.807) is 0 Å². The second kappa shape index (κ2) is 6.65. The summed E-state index contributed by atoms with van der Waals surface area (Å²) in [5.41, 5.74) is 6.59. The lowest BCUT2D eigenvalue weighted by atomic mass is 9.98. The van der Waals surface area contributed by atoms with Gasteiger partial charge in [0.2, 0.25) is 12.3 Å². The molecule has 0 aliphatic rings. The highest BCUT2D eigenvalue weighted by atomic mass is 16.5. The summed E-state index contributed by atoms with van der Waals surface area (Å²) in [6.07, 6.45) is 1.80. The van der Waals surface area contributed by atoms with Crippen molar-refractivity contribution >= 4 is 5.91 Å². The molecule has 0 saturated heterocycles. The predicted molar refractivity (Wildman–Crippen MR) is 69.2 cm³/mol. The fourth-order valence-corrected chi connectivity index (χ4v) is 1.80. The Hall–Kier alpha value is -2.21. The van der Waals surface area contributed by atoms with Gasteiger partial charge in [0.1, 0.15) is 0 Å². The Morgan fingerprint density at radius 1 is 1.37 bits per heavy atom. The van der Waals surface area contributed by atoms with E-state index in [1.165, 1.54) is 6.39 Å². The number of aromatic nitrogens is 2. The van der Waals surface area contributed by atoms with Crippen molar-refractivity contribution in [3.8, 4) is 0 Å². The second-order valence-electron chi connectivity index (χ2n) is 4.09. The summed E-state index contributed by atoms with van der Waals surface area (Å²) in [6, 6.07) is 9.49. The second-order valence-corrected chi connectivity index (χ2v) is 4.09. The van der Waals surface area contributed by atoms with E-state index >= 15 is 0 Å². The summed E-state index contributed by atoms with van der Waals surface area (Å²) in [4.78, 5) is 15.9. The SMILES string of the molecule is NCC(C(=O)NCCc1ncon1)c1ccccc1. The number of amides is 1. The molecule has 1 aromatic carbocycles. The van der Waals surface area contributed by atoms with Crippen molar-refractivity contribution in [1.82, 2.24) is 15.5 Å². The topological polar surface area (TPSA) is 94.0 Å². The van der Waals surface area contributed by atoms with Crippen LogP contribution < -0.4 is 11.1 Å². The molecule has 1 atom stereocenters. The first kappa shape index (κ1) is 13.2. The van der Waals surface area contributed by atoms with Crippen molar-refractivity contribution < 1.29 is 9.32 Å². The molecule has 0 bridgehead atoms. The smallest absolute Gasteiger partial charge is 0.228 e.